The van der Waals surface area contributed by atoms with Gasteiger partial charge in [-0.2, -0.15) is 0 Å². The number of sulfonamides is 1. The van der Waals surface area contributed by atoms with Gasteiger partial charge in [-0.05, 0) is 42.9 Å². The predicted octanol–water partition coefficient (Wildman–Crippen LogP) is 2.72. The van der Waals surface area contributed by atoms with Crippen molar-refractivity contribution in [2.24, 2.45) is 0 Å². The van der Waals surface area contributed by atoms with Crippen LogP contribution in [-0.4, -0.2) is 31.4 Å². The molecule has 1 heterocycles. The topological polar surface area (TPSA) is 62.3 Å². The highest BCUT2D eigenvalue weighted by Crippen LogP contribution is 2.16. The fraction of sp³-hybridized carbons (Fsp3) is 0.312. The van der Waals surface area contributed by atoms with Crippen LogP contribution in [0.3, 0.4) is 0 Å². The average Bonchev–Trinajstić information content (AvgIpc) is 2.54. The Morgan fingerprint density at radius 2 is 1.77 bits per heavy atom. The fourth-order valence-electron chi connectivity index (χ4n) is 2.10. The lowest BCUT2D eigenvalue weighted by Gasteiger charge is -2.18. The number of benzene rings is 1. The summed E-state index contributed by atoms with van der Waals surface area (Å²) in [5.74, 6) is 0. The minimum Gasteiger partial charge on any atom is -0.300 e. The van der Waals surface area contributed by atoms with Crippen molar-refractivity contribution in [3.8, 4) is 0 Å². The van der Waals surface area contributed by atoms with E-state index in [0.29, 0.717) is 5.69 Å². The molecular weight excluding hydrogens is 298 g/mol. The molecule has 1 N–H and O–H groups in total. The average molecular weight is 319 g/mol. The lowest BCUT2D eigenvalue weighted by Crippen LogP contribution is -2.22. The van der Waals surface area contributed by atoms with Gasteiger partial charge in [0.05, 0.1) is 0 Å². The molecule has 5 nitrogen and oxygen atoms in total. The monoisotopic (exact) mass is 319 g/mol. The third kappa shape index (κ3) is 4.29. The summed E-state index contributed by atoms with van der Waals surface area (Å²) in [5.41, 5.74) is 1.71. The van der Waals surface area contributed by atoms with E-state index in [1.165, 1.54) is 12.3 Å². The van der Waals surface area contributed by atoms with Crippen LogP contribution < -0.4 is 4.72 Å². The molecule has 22 heavy (non-hydrogen) atoms. The molecule has 0 saturated heterocycles. The quantitative estimate of drug-likeness (QED) is 0.852. The van der Waals surface area contributed by atoms with Crippen molar-refractivity contribution in [1.29, 1.82) is 0 Å². The van der Waals surface area contributed by atoms with Gasteiger partial charge in [-0.1, -0.05) is 26.0 Å². The number of pyridine rings is 1. The largest absolute Gasteiger partial charge is 0.300 e. The summed E-state index contributed by atoms with van der Waals surface area (Å²) in [7, 11) is -3.58. The zero-order valence-electron chi connectivity index (χ0n) is 12.9. The third-order valence-electron chi connectivity index (χ3n) is 3.45. The summed E-state index contributed by atoms with van der Waals surface area (Å²) in [4.78, 5) is 6.29. The fourth-order valence-corrected chi connectivity index (χ4v) is 3.13. The van der Waals surface area contributed by atoms with Gasteiger partial charge in [0.25, 0.3) is 10.0 Å². The van der Waals surface area contributed by atoms with Crippen LogP contribution in [0.1, 0.15) is 19.4 Å². The van der Waals surface area contributed by atoms with Crippen LogP contribution in [0.4, 0.5) is 5.69 Å². The number of aromatic nitrogens is 1. The van der Waals surface area contributed by atoms with Gasteiger partial charge in [-0.15, -0.1) is 0 Å². The Hall–Kier alpha value is -1.92. The molecule has 0 fully saturated rings. The molecule has 118 valence electrons. The first-order valence-corrected chi connectivity index (χ1v) is 8.77. The van der Waals surface area contributed by atoms with E-state index in [2.05, 4.69) is 28.5 Å². The Kier molecular flexibility index (Phi) is 5.51. The summed E-state index contributed by atoms with van der Waals surface area (Å²) >= 11 is 0. The molecular formula is C16H21N3O2S. The Morgan fingerprint density at radius 1 is 1.09 bits per heavy atom. The number of hydrogen-bond acceptors (Lipinski definition) is 4. The predicted molar refractivity (Wildman–Crippen MR) is 88.1 cm³/mol. The van der Waals surface area contributed by atoms with Gasteiger partial charge in [-0.25, -0.2) is 8.42 Å². The van der Waals surface area contributed by atoms with Crippen molar-refractivity contribution in [1.82, 2.24) is 9.88 Å². The van der Waals surface area contributed by atoms with Gasteiger partial charge >= 0.3 is 0 Å². The molecule has 2 rings (SSSR count). The smallest absolute Gasteiger partial charge is 0.263 e. The lowest BCUT2D eigenvalue weighted by atomic mass is 10.2. The van der Waals surface area contributed by atoms with Gasteiger partial charge < -0.3 is 0 Å². The van der Waals surface area contributed by atoms with Gasteiger partial charge in [0, 0.05) is 24.6 Å². The molecule has 0 bridgehead atoms. The van der Waals surface area contributed by atoms with E-state index in [9.17, 15) is 8.42 Å². The minimum absolute atomic E-state index is 0.155. The van der Waals surface area contributed by atoms with Crippen molar-refractivity contribution >= 4 is 15.7 Å². The molecule has 0 spiro atoms. The molecule has 0 unspecified atom stereocenters. The van der Waals surface area contributed by atoms with Crippen molar-refractivity contribution < 1.29 is 8.42 Å². The number of rotatable bonds is 7. The highest BCUT2D eigenvalue weighted by Gasteiger charge is 2.13. The molecule has 1 aromatic heterocycles. The van der Waals surface area contributed by atoms with Crippen LogP contribution in [0, 0.1) is 0 Å². The summed E-state index contributed by atoms with van der Waals surface area (Å²) < 4.78 is 27.0. The van der Waals surface area contributed by atoms with E-state index >= 15 is 0 Å². The second kappa shape index (κ2) is 7.38. The number of hydrogen-bond donors (Lipinski definition) is 1. The van der Waals surface area contributed by atoms with Crippen molar-refractivity contribution in [2.75, 3.05) is 17.8 Å². The third-order valence-corrected chi connectivity index (χ3v) is 4.82. The molecule has 6 heteroatoms. The maximum atomic E-state index is 12.2. The molecule has 0 amide bonds. The summed E-state index contributed by atoms with van der Waals surface area (Å²) in [5, 5.41) is 0. The molecule has 2 aromatic rings. The van der Waals surface area contributed by atoms with E-state index in [0.717, 1.165) is 25.2 Å². The normalized spacial score (nSPS) is 11.6. The van der Waals surface area contributed by atoms with Gasteiger partial charge in [0.1, 0.15) is 4.90 Å². The van der Waals surface area contributed by atoms with Crippen LogP contribution in [0.15, 0.2) is 53.7 Å². The maximum Gasteiger partial charge on any atom is 0.263 e. The number of anilines is 1. The highest BCUT2D eigenvalue weighted by atomic mass is 32.2. The van der Waals surface area contributed by atoms with Crippen LogP contribution in [0.5, 0.6) is 0 Å². The Bertz CT molecular complexity index is 681. The zero-order chi connectivity index (χ0) is 16.0. The highest BCUT2D eigenvalue weighted by molar-refractivity contribution is 7.92. The number of nitrogens with one attached hydrogen (secondary N) is 1. The molecule has 1 aromatic carbocycles. The summed E-state index contributed by atoms with van der Waals surface area (Å²) in [6, 6.07) is 10.6. The second-order valence-corrected chi connectivity index (χ2v) is 6.63. The lowest BCUT2D eigenvalue weighted by molar-refractivity contribution is 0.296. The first kappa shape index (κ1) is 16.5. The molecule has 0 aliphatic carbocycles. The Morgan fingerprint density at radius 3 is 2.32 bits per heavy atom. The van der Waals surface area contributed by atoms with Gasteiger partial charge in [0.2, 0.25) is 0 Å². The van der Waals surface area contributed by atoms with Gasteiger partial charge in [-0.3, -0.25) is 14.6 Å². The van der Waals surface area contributed by atoms with Crippen LogP contribution in [-0.2, 0) is 16.6 Å². The first-order chi connectivity index (χ1) is 10.5. The first-order valence-electron chi connectivity index (χ1n) is 7.29. The van der Waals surface area contributed by atoms with Crippen LogP contribution in [0.2, 0.25) is 0 Å². The zero-order valence-corrected chi connectivity index (χ0v) is 13.7. The van der Waals surface area contributed by atoms with Crippen molar-refractivity contribution in [3.05, 3.63) is 54.4 Å². The minimum atomic E-state index is -3.58. The van der Waals surface area contributed by atoms with Gasteiger partial charge in [0.15, 0.2) is 0 Å². The summed E-state index contributed by atoms with van der Waals surface area (Å²) in [6.07, 6.45) is 2.87. The summed E-state index contributed by atoms with van der Waals surface area (Å²) in [6.45, 7) is 7.10. The Balaban J connectivity index is 2.08. The van der Waals surface area contributed by atoms with E-state index in [1.54, 1.807) is 24.4 Å². The van der Waals surface area contributed by atoms with Crippen molar-refractivity contribution in [3.63, 3.8) is 0 Å². The molecule has 0 saturated carbocycles. The second-order valence-electron chi connectivity index (χ2n) is 4.95. The van der Waals surface area contributed by atoms with E-state index in [-0.39, 0.29) is 4.90 Å². The van der Waals surface area contributed by atoms with Crippen LogP contribution in [0.25, 0.3) is 0 Å². The Labute approximate surface area is 132 Å². The molecule has 0 radical (unpaired) electrons. The standard InChI is InChI=1S/C16H21N3O2S/c1-3-19(4-2)13-14-7-9-15(10-8-14)18-22(20,21)16-6-5-11-17-12-16/h5-12,18H,3-4,13H2,1-2H3. The number of nitrogens with zero attached hydrogens (tertiary/aromatic N) is 2. The van der Waals surface area contributed by atoms with E-state index in [4.69, 9.17) is 0 Å². The molecule has 0 aliphatic rings. The molecule has 0 aliphatic heterocycles. The van der Waals surface area contributed by atoms with Crippen LogP contribution >= 0.6 is 0 Å². The van der Waals surface area contributed by atoms with E-state index < -0.39 is 10.0 Å². The molecule has 0 atom stereocenters. The SMILES string of the molecule is CCN(CC)Cc1ccc(NS(=O)(=O)c2cccnc2)cc1. The van der Waals surface area contributed by atoms with Crippen molar-refractivity contribution in [2.45, 2.75) is 25.3 Å². The van der Waals surface area contributed by atoms with E-state index in [1.807, 2.05) is 12.1 Å². The maximum absolute atomic E-state index is 12.2.